The van der Waals surface area contributed by atoms with Crippen LogP contribution >= 0.6 is 15.9 Å². The van der Waals surface area contributed by atoms with E-state index >= 15 is 0 Å². The van der Waals surface area contributed by atoms with Crippen molar-refractivity contribution >= 4 is 15.9 Å². The largest absolute Gasteiger partial charge is 0.493 e. The number of hydrogen-bond acceptors (Lipinski definition) is 3. The van der Waals surface area contributed by atoms with Crippen LogP contribution in [-0.2, 0) is 6.54 Å². The first-order valence-electron chi connectivity index (χ1n) is 7.03. The molecule has 4 heteroatoms. The summed E-state index contributed by atoms with van der Waals surface area (Å²) in [6, 6.07) is 4.09. The lowest BCUT2D eigenvalue weighted by Gasteiger charge is -2.12. The fraction of sp³-hybridized carbons (Fsp3) is 0.500. The minimum atomic E-state index is 0.743. The molecule has 0 aliphatic heterocycles. The monoisotopic (exact) mass is 339 g/mol. The average molecular weight is 340 g/mol. The van der Waals surface area contributed by atoms with E-state index in [2.05, 4.69) is 33.4 Å². The van der Waals surface area contributed by atoms with Crippen LogP contribution in [0.2, 0.25) is 0 Å². The molecule has 0 bridgehead atoms. The van der Waals surface area contributed by atoms with Gasteiger partial charge in [0.2, 0.25) is 0 Å². The van der Waals surface area contributed by atoms with Crippen molar-refractivity contribution < 1.29 is 9.47 Å². The fourth-order valence-corrected chi connectivity index (χ4v) is 3.17. The van der Waals surface area contributed by atoms with Crippen molar-refractivity contribution in [3.63, 3.8) is 0 Å². The Bertz CT molecular complexity index is 486. The first-order chi connectivity index (χ1) is 9.74. The molecule has 1 aliphatic carbocycles. The van der Waals surface area contributed by atoms with Crippen LogP contribution in [0.15, 0.2) is 28.3 Å². The van der Waals surface area contributed by atoms with Crippen LogP contribution in [-0.4, -0.2) is 20.8 Å². The summed E-state index contributed by atoms with van der Waals surface area (Å²) in [6.45, 7) is 1.87. The Morgan fingerprint density at radius 1 is 1.25 bits per heavy atom. The molecule has 0 aromatic heterocycles. The number of hydrogen-bond donors (Lipinski definition) is 1. The van der Waals surface area contributed by atoms with Gasteiger partial charge in [-0.15, -0.1) is 0 Å². The third kappa shape index (κ3) is 4.00. The highest BCUT2D eigenvalue weighted by Crippen LogP contribution is 2.36. The van der Waals surface area contributed by atoms with Crippen LogP contribution in [0.3, 0.4) is 0 Å². The summed E-state index contributed by atoms with van der Waals surface area (Å²) in [4.78, 5) is 0. The summed E-state index contributed by atoms with van der Waals surface area (Å²) in [5, 5.41) is 3.49. The van der Waals surface area contributed by atoms with E-state index in [1.54, 1.807) is 19.8 Å². The number of nitrogens with one attached hydrogen (secondary N) is 1. The summed E-state index contributed by atoms with van der Waals surface area (Å²) < 4.78 is 11.6. The normalized spacial score (nSPS) is 14.2. The smallest absolute Gasteiger partial charge is 0.174 e. The Morgan fingerprint density at radius 2 is 2.10 bits per heavy atom. The standard InChI is InChI=1S/C16H22BrNO2/c1-19-15-10-13(9-14(17)16(15)20-2)11-18-8-7-12-5-3-4-6-12/h5,9-10,18H,3-4,6-8,11H2,1-2H3. The van der Waals surface area contributed by atoms with Gasteiger partial charge in [-0.3, -0.25) is 0 Å². The van der Waals surface area contributed by atoms with Gasteiger partial charge in [-0.1, -0.05) is 11.6 Å². The minimum absolute atomic E-state index is 0.743. The van der Waals surface area contributed by atoms with Crippen molar-refractivity contribution in [1.82, 2.24) is 5.32 Å². The lowest BCUT2D eigenvalue weighted by molar-refractivity contribution is 0.352. The molecular formula is C16H22BrNO2. The predicted molar refractivity (Wildman–Crippen MR) is 85.5 cm³/mol. The molecular weight excluding hydrogens is 318 g/mol. The van der Waals surface area contributed by atoms with Gasteiger partial charge in [0, 0.05) is 6.54 Å². The molecule has 0 spiro atoms. The molecule has 0 amide bonds. The number of benzene rings is 1. The molecule has 0 atom stereocenters. The zero-order valence-corrected chi connectivity index (χ0v) is 13.8. The lowest BCUT2D eigenvalue weighted by Crippen LogP contribution is -2.15. The van der Waals surface area contributed by atoms with E-state index in [1.807, 2.05) is 6.07 Å². The molecule has 110 valence electrons. The number of methoxy groups -OCH3 is 2. The van der Waals surface area contributed by atoms with Crippen LogP contribution in [0.25, 0.3) is 0 Å². The Labute approximate surface area is 129 Å². The molecule has 0 radical (unpaired) electrons. The molecule has 2 rings (SSSR count). The maximum atomic E-state index is 5.35. The molecule has 0 heterocycles. The highest BCUT2D eigenvalue weighted by Gasteiger charge is 2.10. The molecule has 20 heavy (non-hydrogen) atoms. The SMILES string of the molecule is COc1cc(CNCCC2=CCCC2)cc(Br)c1OC. The van der Waals surface area contributed by atoms with E-state index in [-0.39, 0.29) is 0 Å². The number of allylic oxidation sites excluding steroid dienone is 1. The quantitative estimate of drug-likeness (QED) is 0.600. The molecule has 0 saturated carbocycles. The summed E-state index contributed by atoms with van der Waals surface area (Å²) in [6.07, 6.45) is 7.42. The summed E-state index contributed by atoms with van der Waals surface area (Å²) >= 11 is 3.52. The van der Waals surface area contributed by atoms with Crippen molar-refractivity contribution in [3.05, 3.63) is 33.8 Å². The Kier molecular flexibility index (Phi) is 5.92. The van der Waals surface area contributed by atoms with E-state index in [4.69, 9.17) is 9.47 Å². The fourth-order valence-electron chi connectivity index (χ4n) is 2.52. The molecule has 1 aromatic rings. The van der Waals surface area contributed by atoms with E-state index in [1.165, 1.54) is 24.8 Å². The number of halogens is 1. The van der Waals surface area contributed by atoms with Crippen molar-refractivity contribution in [1.29, 1.82) is 0 Å². The van der Waals surface area contributed by atoms with Gasteiger partial charge >= 0.3 is 0 Å². The van der Waals surface area contributed by atoms with Crippen LogP contribution in [0.4, 0.5) is 0 Å². The van der Waals surface area contributed by atoms with Gasteiger partial charge in [0.05, 0.1) is 18.7 Å². The van der Waals surface area contributed by atoms with Gasteiger partial charge in [-0.25, -0.2) is 0 Å². The zero-order valence-electron chi connectivity index (χ0n) is 12.2. The zero-order chi connectivity index (χ0) is 14.4. The lowest BCUT2D eigenvalue weighted by atomic mass is 10.1. The van der Waals surface area contributed by atoms with Crippen molar-refractivity contribution in [2.24, 2.45) is 0 Å². The van der Waals surface area contributed by atoms with Crippen LogP contribution in [0, 0.1) is 0 Å². The molecule has 1 N–H and O–H groups in total. The van der Waals surface area contributed by atoms with Crippen molar-refractivity contribution in [2.45, 2.75) is 32.2 Å². The van der Waals surface area contributed by atoms with E-state index in [0.29, 0.717) is 0 Å². The maximum Gasteiger partial charge on any atom is 0.174 e. The Hall–Kier alpha value is -1.00. The van der Waals surface area contributed by atoms with E-state index < -0.39 is 0 Å². The van der Waals surface area contributed by atoms with E-state index in [0.717, 1.165) is 35.5 Å². The second-order valence-electron chi connectivity index (χ2n) is 4.99. The van der Waals surface area contributed by atoms with Gasteiger partial charge in [-0.2, -0.15) is 0 Å². The number of rotatable bonds is 7. The molecule has 1 aromatic carbocycles. The molecule has 0 unspecified atom stereocenters. The Balaban J connectivity index is 1.87. The van der Waals surface area contributed by atoms with Crippen molar-refractivity contribution in [3.8, 4) is 11.5 Å². The molecule has 0 fully saturated rings. The first kappa shape index (κ1) is 15.4. The van der Waals surface area contributed by atoms with Gasteiger partial charge in [-0.05, 0) is 65.9 Å². The van der Waals surface area contributed by atoms with E-state index in [9.17, 15) is 0 Å². The summed E-state index contributed by atoms with van der Waals surface area (Å²) in [5.41, 5.74) is 2.79. The molecule has 0 saturated heterocycles. The summed E-state index contributed by atoms with van der Waals surface area (Å²) in [5.74, 6) is 1.50. The van der Waals surface area contributed by atoms with Crippen LogP contribution < -0.4 is 14.8 Å². The van der Waals surface area contributed by atoms with Crippen LogP contribution in [0.1, 0.15) is 31.2 Å². The second-order valence-corrected chi connectivity index (χ2v) is 5.85. The highest BCUT2D eigenvalue weighted by atomic mass is 79.9. The van der Waals surface area contributed by atoms with Crippen molar-refractivity contribution in [2.75, 3.05) is 20.8 Å². The maximum absolute atomic E-state index is 5.35. The molecule has 1 aliphatic rings. The highest BCUT2D eigenvalue weighted by molar-refractivity contribution is 9.10. The second kappa shape index (κ2) is 7.70. The van der Waals surface area contributed by atoms with Gasteiger partial charge < -0.3 is 14.8 Å². The minimum Gasteiger partial charge on any atom is -0.493 e. The Morgan fingerprint density at radius 3 is 2.75 bits per heavy atom. The third-order valence-corrected chi connectivity index (χ3v) is 4.17. The third-order valence-electron chi connectivity index (χ3n) is 3.58. The van der Waals surface area contributed by atoms with Gasteiger partial charge in [0.1, 0.15) is 0 Å². The average Bonchev–Trinajstić information content (AvgIpc) is 2.96. The predicted octanol–water partition coefficient (Wildman–Crippen LogP) is 4.06. The summed E-state index contributed by atoms with van der Waals surface area (Å²) in [7, 11) is 3.31. The number of ether oxygens (including phenoxy) is 2. The first-order valence-corrected chi connectivity index (χ1v) is 7.83. The molecule has 3 nitrogen and oxygen atoms in total. The van der Waals surface area contributed by atoms with Gasteiger partial charge in [0.15, 0.2) is 11.5 Å². The van der Waals surface area contributed by atoms with Gasteiger partial charge in [0.25, 0.3) is 0 Å². The van der Waals surface area contributed by atoms with Crippen LogP contribution in [0.5, 0.6) is 11.5 Å². The topological polar surface area (TPSA) is 30.5 Å².